The highest BCUT2D eigenvalue weighted by molar-refractivity contribution is 8.13. The van der Waals surface area contributed by atoms with Crippen LogP contribution in [0.2, 0.25) is 5.02 Å². The van der Waals surface area contributed by atoms with E-state index in [2.05, 4.69) is 27.2 Å². The maximum Gasteiger partial charge on any atom is 0.283 e. The Kier molecular flexibility index (Phi) is 17.5. The van der Waals surface area contributed by atoms with E-state index in [1.807, 2.05) is 36.4 Å². The molecule has 0 atom stereocenters. The molecule has 3 N–H and O–H groups in total. The molecule has 6 nitrogen and oxygen atoms in total. The Morgan fingerprint density at radius 3 is 2.06 bits per heavy atom. The Bertz CT molecular complexity index is 805. The summed E-state index contributed by atoms with van der Waals surface area (Å²) in [7, 11) is 1.63. The zero-order chi connectivity index (χ0) is 21.9. The number of amides is 1. The van der Waals surface area contributed by atoms with E-state index in [9.17, 15) is 4.79 Å². The standard InChI is InChI=1S/C24H32ClN3O2S.2ClH.H2O/c1-30-23-11-9-22(10-12-23)26-24(29)31-19-3-14-28-17-15-27(16-18-28)13-2-4-20-5-7-21(25)8-6-20;;;/h5-12H,2-4,13-19H2,1H3,(H,26,29);2*1H;1H2. The molecule has 0 radical (unpaired) electrons. The van der Waals surface area contributed by atoms with Gasteiger partial charge in [-0.1, -0.05) is 35.5 Å². The predicted octanol–water partition coefficient (Wildman–Crippen LogP) is 5.27. The van der Waals surface area contributed by atoms with E-state index in [1.54, 1.807) is 7.11 Å². The summed E-state index contributed by atoms with van der Waals surface area (Å²) in [5, 5.41) is 3.71. The molecule has 192 valence electrons. The number of halogens is 3. The van der Waals surface area contributed by atoms with Gasteiger partial charge in [-0.2, -0.15) is 0 Å². The van der Waals surface area contributed by atoms with Crippen molar-refractivity contribution in [2.75, 3.05) is 57.4 Å². The molecule has 10 heteroatoms. The van der Waals surface area contributed by atoms with Gasteiger partial charge in [-0.3, -0.25) is 4.79 Å². The van der Waals surface area contributed by atoms with Crippen LogP contribution >= 0.6 is 48.2 Å². The van der Waals surface area contributed by atoms with Crippen molar-refractivity contribution >= 4 is 59.1 Å². The second-order valence-corrected chi connectivity index (χ2v) is 9.26. The number of nitrogens with one attached hydrogen (secondary N) is 1. The van der Waals surface area contributed by atoms with E-state index in [1.165, 1.54) is 23.7 Å². The van der Waals surface area contributed by atoms with Gasteiger partial charge in [-0.15, -0.1) is 24.8 Å². The normalized spacial score (nSPS) is 13.7. The number of carbonyl (C=O) groups excluding carboxylic acids is 1. The van der Waals surface area contributed by atoms with Crippen LogP contribution in [0.1, 0.15) is 18.4 Å². The first-order chi connectivity index (χ1) is 15.1. The molecule has 0 bridgehead atoms. The fraction of sp³-hybridized carbons (Fsp3) is 0.458. The molecule has 1 heterocycles. The van der Waals surface area contributed by atoms with Gasteiger partial charge >= 0.3 is 0 Å². The van der Waals surface area contributed by atoms with Crippen molar-refractivity contribution in [3.05, 3.63) is 59.1 Å². The zero-order valence-corrected chi connectivity index (χ0v) is 22.7. The lowest BCUT2D eigenvalue weighted by molar-refractivity contribution is 0.132. The van der Waals surface area contributed by atoms with Crippen LogP contribution in [0.4, 0.5) is 10.5 Å². The average molecular weight is 553 g/mol. The van der Waals surface area contributed by atoms with Crippen molar-refractivity contribution in [1.82, 2.24) is 9.80 Å². The number of methoxy groups -OCH3 is 1. The molecule has 1 amide bonds. The third kappa shape index (κ3) is 12.0. The minimum atomic E-state index is -0.00401. The van der Waals surface area contributed by atoms with Gasteiger partial charge in [0.2, 0.25) is 0 Å². The first-order valence-corrected chi connectivity index (χ1v) is 12.3. The highest BCUT2D eigenvalue weighted by atomic mass is 35.5. The van der Waals surface area contributed by atoms with Crippen LogP contribution in [0.5, 0.6) is 5.75 Å². The van der Waals surface area contributed by atoms with E-state index in [4.69, 9.17) is 16.3 Å². The molecule has 1 aliphatic heterocycles. The summed E-state index contributed by atoms with van der Waals surface area (Å²) in [4.78, 5) is 17.1. The lowest BCUT2D eigenvalue weighted by Crippen LogP contribution is -2.46. The van der Waals surface area contributed by atoms with E-state index in [0.717, 1.165) is 74.3 Å². The van der Waals surface area contributed by atoms with Crippen molar-refractivity contribution in [2.24, 2.45) is 0 Å². The maximum atomic E-state index is 12.1. The first kappa shape index (κ1) is 32.8. The second-order valence-electron chi connectivity index (χ2n) is 7.76. The Morgan fingerprint density at radius 2 is 1.50 bits per heavy atom. The highest BCUT2D eigenvalue weighted by Crippen LogP contribution is 2.17. The number of benzene rings is 2. The number of carbonyl (C=O) groups is 1. The summed E-state index contributed by atoms with van der Waals surface area (Å²) in [6, 6.07) is 15.6. The lowest BCUT2D eigenvalue weighted by atomic mass is 10.1. The van der Waals surface area contributed by atoms with E-state index < -0.39 is 0 Å². The molecule has 1 fully saturated rings. The molecular weight excluding hydrogens is 517 g/mol. The molecule has 1 saturated heterocycles. The van der Waals surface area contributed by atoms with Crippen molar-refractivity contribution in [3.63, 3.8) is 0 Å². The van der Waals surface area contributed by atoms with Gasteiger partial charge in [-0.25, -0.2) is 0 Å². The molecule has 34 heavy (non-hydrogen) atoms. The summed E-state index contributed by atoms with van der Waals surface area (Å²) in [6.45, 7) is 6.70. The van der Waals surface area contributed by atoms with Crippen LogP contribution in [0.15, 0.2) is 48.5 Å². The molecule has 2 aromatic carbocycles. The Hall–Kier alpha value is -1.19. The molecule has 0 aromatic heterocycles. The lowest BCUT2D eigenvalue weighted by Gasteiger charge is -2.34. The fourth-order valence-corrected chi connectivity index (χ4v) is 4.45. The van der Waals surface area contributed by atoms with Crippen molar-refractivity contribution in [1.29, 1.82) is 0 Å². The number of thioether (sulfide) groups is 1. The van der Waals surface area contributed by atoms with Gasteiger partial charge in [0.05, 0.1) is 7.11 Å². The average Bonchev–Trinajstić information content (AvgIpc) is 2.79. The molecule has 0 aliphatic carbocycles. The smallest absolute Gasteiger partial charge is 0.283 e. The Morgan fingerprint density at radius 1 is 0.941 bits per heavy atom. The van der Waals surface area contributed by atoms with Crippen molar-refractivity contribution < 1.29 is 15.0 Å². The van der Waals surface area contributed by atoms with Gasteiger partial charge in [0.1, 0.15) is 5.75 Å². The SMILES string of the molecule is COc1ccc(NC(=O)SCCCN2CCN(CCCc3ccc(Cl)cc3)CC2)cc1.Cl.Cl.O. The third-order valence-corrected chi connectivity index (χ3v) is 6.62. The number of aryl methyl sites for hydroxylation is 1. The number of nitrogens with zero attached hydrogens (tertiary/aromatic N) is 2. The number of piperazine rings is 1. The minimum Gasteiger partial charge on any atom is -0.497 e. The summed E-state index contributed by atoms with van der Waals surface area (Å²) < 4.78 is 5.13. The molecule has 0 unspecified atom stereocenters. The van der Waals surface area contributed by atoms with E-state index >= 15 is 0 Å². The minimum absolute atomic E-state index is 0. The number of anilines is 1. The van der Waals surface area contributed by atoms with Gasteiger partial charge in [-0.05, 0) is 74.3 Å². The van der Waals surface area contributed by atoms with Gasteiger partial charge in [0.15, 0.2) is 0 Å². The van der Waals surface area contributed by atoms with E-state index in [0.29, 0.717) is 0 Å². The zero-order valence-electron chi connectivity index (χ0n) is 19.5. The molecule has 3 rings (SSSR count). The van der Waals surface area contributed by atoms with Crippen LogP contribution in [-0.4, -0.2) is 72.6 Å². The summed E-state index contributed by atoms with van der Waals surface area (Å²) in [5.74, 6) is 1.62. The highest BCUT2D eigenvalue weighted by Gasteiger charge is 2.16. The van der Waals surface area contributed by atoms with Gasteiger partial charge in [0, 0.05) is 42.6 Å². The first-order valence-electron chi connectivity index (χ1n) is 10.9. The van der Waals surface area contributed by atoms with Crippen LogP contribution in [0.25, 0.3) is 0 Å². The summed E-state index contributed by atoms with van der Waals surface area (Å²) >= 11 is 7.30. The number of ether oxygens (including phenoxy) is 1. The second kappa shape index (κ2) is 18.1. The quantitative estimate of drug-likeness (QED) is 0.406. The van der Waals surface area contributed by atoms with Crippen molar-refractivity contribution in [3.8, 4) is 5.75 Å². The third-order valence-electron chi connectivity index (χ3n) is 5.51. The van der Waals surface area contributed by atoms with E-state index in [-0.39, 0.29) is 35.5 Å². The molecule has 0 saturated carbocycles. The van der Waals surface area contributed by atoms with Crippen LogP contribution in [-0.2, 0) is 6.42 Å². The fourth-order valence-electron chi connectivity index (χ4n) is 3.68. The number of hydrogen-bond acceptors (Lipinski definition) is 5. The maximum absolute atomic E-state index is 12.1. The van der Waals surface area contributed by atoms with Crippen molar-refractivity contribution in [2.45, 2.75) is 19.3 Å². The van der Waals surface area contributed by atoms with Crippen LogP contribution in [0, 0.1) is 0 Å². The molecular formula is C24H36Cl3N3O3S. The summed E-state index contributed by atoms with van der Waals surface area (Å²) in [5.41, 5.74) is 2.15. The number of rotatable bonds is 10. The van der Waals surface area contributed by atoms with Crippen LogP contribution in [0.3, 0.4) is 0 Å². The van der Waals surface area contributed by atoms with Gasteiger partial charge in [0.25, 0.3) is 5.24 Å². The van der Waals surface area contributed by atoms with Gasteiger partial charge < -0.3 is 25.3 Å². The topological polar surface area (TPSA) is 76.3 Å². The molecule has 2 aromatic rings. The number of hydrogen-bond donors (Lipinski definition) is 1. The summed E-state index contributed by atoms with van der Waals surface area (Å²) in [6.07, 6.45) is 3.31. The molecule has 1 aliphatic rings. The molecule has 0 spiro atoms. The Balaban J connectivity index is 0.00000363. The Labute approximate surface area is 224 Å². The van der Waals surface area contributed by atoms with Crippen LogP contribution < -0.4 is 10.1 Å². The predicted molar refractivity (Wildman–Crippen MR) is 150 cm³/mol. The largest absolute Gasteiger partial charge is 0.497 e. The monoisotopic (exact) mass is 551 g/mol.